The quantitative estimate of drug-likeness (QED) is 0.755. The number of fused-ring (bicyclic) bond motifs is 1. The summed E-state index contributed by atoms with van der Waals surface area (Å²) in [6.45, 7) is 11.0. The van der Waals surface area contributed by atoms with Crippen LogP contribution in [0.2, 0.25) is 0 Å². The fourth-order valence-corrected chi connectivity index (χ4v) is 4.39. The van der Waals surface area contributed by atoms with Crippen LogP contribution in [0.5, 0.6) is 0 Å². The van der Waals surface area contributed by atoms with Gasteiger partial charge in [0.05, 0.1) is 5.69 Å². The van der Waals surface area contributed by atoms with E-state index in [-0.39, 0.29) is 0 Å². The molecule has 0 N–H and O–H groups in total. The molecule has 0 saturated carbocycles. The SMILES string of the molecule is Cc1sc2ncnc(C(C(C)C)C(C)Br)c2c1C. The van der Waals surface area contributed by atoms with Crippen molar-refractivity contribution >= 4 is 37.5 Å². The summed E-state index contributed by atoms with van der Waals surface area (Å²) in [5, 5.41) is 1.27. The first-order valence-corrected chi connectivity index (χ1v) is 8.01. The second-order valence-electron chi connectivity index (χ2n) is 5.17. The van der Waals surface area contributed by atoms with Crippen LogP contribution >= 0.6 is 27.3 Å². The van der Waals surface area contributed by atoms with Gasteiger partial charge in [-0.05, 0) is 25.3 Å². The molecule has 2 aromatic heterocycles. The summed E-state index contributed by atoms with van der Waals surface area (Å²) >= 11 is 5.51. The topological polar surface area (TPSA) is 25.8 Å². The Balaban J connectivity index is 2.69. The third-order valence-electron chi connectivity index (χ3n) is 3.52. The van der Waals surface area contributed by atoms with E-state index in [9.17, 15) is 0 Å². The first-order chi connectivity index (χ1) is 8.43. The average Bonchev–Trinajstić information content (AvgIpc) is 2.55. The Morgan fingerprint density at radius 2 is 1.83 bits per heavy atom. The molecule has 0 aliphatic heterocycles. The molecule has 2 unspecified atom stereocenters. The van der Waals surface area contributed by atoms with Gasteiger partial charge >= 0.3 is 0 Å². The smallest absolute Gasteiger partial charge is 0.127 e. The van der Waals surface area contributed by atoms with E-state index in [4.69, 9.17) is 0 Å². The number of hydrogen-bond acceptors (Lipinski definition) is 3. The van der Waals surface area contributed by atoms with Gasteiger partial charge in [-0.1, -0.05) is 36.7 Å². The largest absolute Gasteiger partial charge is 0.240 e. The summed E-state index contributed by atoms with van der Waals surface area (Å²) in [6.07, 6.45) is 1.71. The predicted octanol–water partition coefficient (Wildman–Crippen LogP) is 4.83. The average molecular weight is 327 g/mol. The Labute approximate surface area is 121 Å². The maximum absolute atomic E-state index is 4.59. The van der Waals surface area contributed by atoms with Crippen LogP contribution < -0.4 is 0 Å². The Hall–Kier alpha value is -0.480. The molecule has 0 fully saturated rings. The lowest BCUT2D eigenvalue weighted by molar-refractivity contribution is 0.491. The van der Waals surface area contributed by atoms with Crippen molar-refractivity contribution in [1.29, 1.82) is 0 Å². The number of alkyl halides is 1. The molecule has 0 aliphatic rings. The fourth-order valence-electron chi connectivity index (χ4n) is 2.53. The fraction of sp³-hybridized carbons (Fsp3) is 0.571. The first kappa shape index (κ1) is 13.9. The van der Waals surface area contributed by atoms with Gasteiger partial charge in [0.25, 0.3) is 0 Å². The first-order valence-electron chi connectivity index (χ1n) is 6.28. The summed E-state index contributed by atoms with van der Waals surface area (Å²) in [7, 11) is 0. The number of aromatic nitrogens is 2. The number of rotatable bonds is 3. The second-order valence-corrected chi connectivity index (χ2v) is 7.82. The van der Waals surface area contributed by atoms with Crippen molar-refractivity contribution in [2.24, 2.45) is 5.92 Å². The van der Waals surface area contributed by atoms with E-state index in [0.29, 0.717) is 16.7 Å². The molecule has 0 spiro atoms. The van der Waals surface area contributed by atoms with E-state index >= 15 is 0 Å². The van der Waals surface area contributed by atoms with E-state index in [0.717, 1.165) is 4.83 Å². The Morgan fingerprint density at radius 3 is 2.39 bits per heavy atom. The monoisotopic (exact) mass is 326 g/mol. The molecule has 0 saturated heterocycles. The van der Waals surface area contributed by atoms with Crippen molar-refractivity contribution in [3.63, 3.8) is 0 Å². The highest BCUT2D eigenvalue weighted by atomic mass is 79.9. The highest BCUT2D eigenvalue weighted by Crippen LogP contribution is 2.38. The van der Waals surface area contributed by atoms with Gasteiger partial charge < -0.3 is 0 Å². The lowest BCUT2D eigenvalue weighted by atomic mass is 9.88. The molecular formula is C14H19BrN2S. The van der Waals surface area contributed by atoms with Gasteiger partial charge in [-0.15, -0.1) is 11.3 Å². The Morgan fingerprint density at radius 1 is 1.17 bits per heavy atom. The predicted molar refractivity (Wildman–Crippen MR) is 82.9 cm³/mol. The van der Waals surface area contributed by atoms with Gasteiger partial charge in [-0.3, -0.25) is 0 Å². The summed E-state index contributed by atoms with van der Waals surface area (Å²) in [4.78, 5) is 11.9. The molecule has 0 bridgehead atoms. The molecule has 2 aromatic rings. The molecule has 0 amide bonds. The zero-order valence-corrected chi connectivity index (χ0v) is 13.9. The molecular weight excluding hydrogens is 308 g/mol. The lowest BCUT2D eigenvalue weighted by Gasteiger charge is -2.23. The van der Waals surface area contributed by atoms with Crippen molar-refractivity contribution in [3.05, 3.63) is 22.5 Å². The van der Waals surface area contributed by atoms with Crippen LogP contribution in [0.25, 0.3) is 10.2 Å². The number of hydrogen-bond donors (Lipinski definition) is 0. The number of aryl methyl sites for hydroxylation is 2. The van der Waals surface area contributed by atoms with E-state index in [2.05, 4.69) is 60.5 Å². The highest BCUT2D eigenvalue weighted by Gasteiger charge is 2.26. The van der Waals surface area contributed by atoms with Crippen molar-refractivity contribution < 1.29 is 0 Å². The zero-order valence-electron chi connectivity index (χ0n) is 11.5. The Bertz CT molecular complexity index is 552. The summed E-state index contributed by atoms with van der Waals surface area (Å²) in [5.74, 6) is 0.972. The van der Waals surface area contributed by atoms with Crippen LogP contribution in [0.1, 0.15) is 42.8 Å². The van der Waals surface area contributed by atoms with Crippen molar-refractivity contribution in [3.8, 4) is 0 Å². The minimum absolute atomic E-state index is 0.412. The molecule has 2 rings (SSSR count). The van der Waals surface area contributed by atoms with Gasteiger partial charge in [0, 0.05) is 21.0 Å². The maximum Gasteiger partial charge on any atom is 0.127 e. The van der Waals surface area contributed by atoms with Gasteiger partial charge in [0.2, 0.25) is 0 Å². The minimum Gasteiger partial charge on any atom is -0.240 e. The van der Waals surface area contributed by atoms with E-state index in [1.165, 1.54) is 21.5 Å². The van der Waals surface area contributed by atoms with Gasteiger partial charge in [-0.25, -0.2) is 9.97 Å². The van der Waals surface area contributed by atoms with Crippen LogP contribution in [0.4, 0.5) is 0 Å². The molecule has 2 atom stereocenters. The van der Waals surface area contributed by atoms with Crippen molar-refractivity contribution in [2.45, 2.75) is 45.4 Å². The standard InChI is InChI=1S/C14H19BrN2S/c1-7(2)11(9(4)15)13-12-8(3)10(5)18-14(12)17-6-16-13/h6-7,9,11H,1-5H3. The van der Waals surface area contributed by atoms with Crippen molar-refractivity contribution in [1.82, 2.24) is 9.97 Å². The molecule has 0 aliphatic carbocycles. The maximum atomic E-state index is 4.59. The molecule has 4 heteroatoms. The number of thiophene rings is 1. The molecule has 0 aromatic carbocycles. The van der Waals surface area contributed by atoms with E-state index in [1.807, 2.05) is 0 Å². The highest BCUT2D eigenvalue weighted by molar-refractivity contribution is 9.09. The molecule has 2 nitrogen and oxygen atoms in total. The zero-order chi connectivity index (χ0) is 13.4. The molecule has 0 radical (unpaired) electrons. The van der Waals surface area contributed by atoms with Crippen LogP contribution in [0.3, 0.4) is 0 Å². The number of nitrogens with zero attached hydrogens (tertiary/aromatic N) is 2. The van der Waals surface area contributed by atoms with E-state index in [1.54, 1.807) is 17.7 Å². The summed E-state index contributed by atoms with van der Waals surface area (Å²) in [6, 6.07) is 0. The minimum atomic E-state index is 0.412. The Kier molecular flexibility index (Phi) is 4.07. The van der Waals surface area contributed by atoms with Gasteiger partial charge in [-0.2, -0.15) is 0 Å². The third-order valence-corrected chi connectivity index (χ3v) is 5.21. The molecule has 98 valence electrons. The molecule has 18 heavy (non-hydrogen) atoms. The number of halogens is 1. The third kappa shape index (κ3) is 2.32. The van der Waals surface area contributed by atoms with Crippen LogP contribution in [-0.2, 0) is 0 Å². The van der Waals surface area contributed by atoms with Gasteiger partial charge in [0.1, 0.15) is 11.2 Å². The van der Waals surface area contributed by atoms with Gasteiger partial charge in [0.15, 0.2) is 0 Å². The lowest BCUT2D eigenvalue weighted by Crippen LogP contribution is -2.17. The second kappa shape index (κ2) is 5.25. The van der Waals surface area contributed by atoms with E-state index < -0.39 is 0 Å². The van der Waals surface area contributed by atoms with Crippen LogP contribution in [0.15, 0.2) is 6.33 Å². The van der Waals surface area contributed by atoms with Crippen LogP contribution in [0, 0.1) is 19.8 Å². The normalized spacial score (nSPS) is 15.3. The van der Waals surface area contributed by atoms with Crippen LogP contribution in [-0.4, -0.2) is 14.8 Å². The summed E-state index contributed by atoms with van der Waals surface area (Å²) < 4.78 is 0. The summed E-state index contributed by atoms with van der Waals surface area (Å²) in [5.41, 5.74) is 2.53. The van der Waals surface area contributed by atoms with Crippen molar-refractivity contribution in [2.75, 3.05) is 0 Å². The molecule has 2 heterocycles.